The minimum absolute atomic E-state index is 0.0268. The third-order valence-electron chi connectivity index (χ3n) is 6.64. The Morgan fingerprint density at radius 1 is 1.11 bits per heavy atom. The molecule has 2 aromatic carbocycles. The van der Waals surface area contributed by atoms with E-state index in [1.54, 1.807) is 12.1 Å². The van der Waals surface area contributed by atoms with Crippen LogP contribution in [0.25, 0.3) is 0 Å². The van der Waals surface area contributed by atoms with Gasteiger partial charge in [0, 0.05) is 47.5 Å². The Kier molecular flexibility index (Phi) is 6.54. The van der Waals surface area contributed by atoms with Crippen molar-refractivity contribution in [3.8, 4) is 11.5 Å². The van der Waals surface area contributed by atoms with Crippen LogP contribution in [0.15, 0.2) is 65.0 Å². The third-order valence-corrected chi connectivity index (χ3v) is 6.97. The number of esters is 1. The summed E-state index contributed by atoms with van der Waals surface area (Å²) < 4.78 is 21.5. The molecule has 0 saturated carbocycles. The Morgan fingerprint density at radius 3 is 2.60 bits per heavy atom. The van der Waals surface area contributed by atoms with E-state index >= 15 is 0 Å². The largest absolute Gasteiger partial charge is 0.460 e. The van der Waals surface area contributed by atoms with E-state index in [4.69, 9.17) is 30.5 Å². The van der Waals surface area contributed by atoms with E-state index in [0.29, 0.717) is 51.8 Å². The Labute approximate surface area is 208 Å². The van der Waals surface area contributed by atoms with E-state index < -0.39 is 11.9 Å². The van der Waals surface area contributed by atoms with Crippen LogP contribution in [-0.4, -0.2) is 38.9 Å². The van der Waals surface area contributed by atoms with Crippen LogP contribution in [0.2, 0.25) is 5.02 Å². The molecule has 3 aliphatic rings. The van der Waals surface area contributed by atoms with Gasteiger partial charge in [0.25, 0.3) is 0 Å². The molecule has 0 bridgehead atoms. The lowest BCUT2D eigenvalue weighted by atomic mass is 9.71. The zero-order chi connectivity index (χ0) is 24.5. The van der Waals surface area contributed by atoms with Crippen molar-refractivity contribution in [3.05, 3.63) is 81.2 Å². The first-order chi connectivity index (χ1) is 17.0. The maximum Gasteiger partial charge on any atom is 0.336 e. The van der Waals surface area contributed by atoms with Crippen molar-refractivity contribution in [2.24, 2.45) is 0 Å². The fraction of sp³-hybridized carbons (Fsp3) is 0.333. The first kappa shape index (κ1) is 23.5. The number of carbonyl (C=O) groups excluding carboxylic acids is 2. The SMILES string of the molecule is COCCOC(=O)C1=C(C)NC2=C(C(=O)C[C@H](c3ccccc3)C2)[C@H]1c1cc2c(cc1Cl)OCO2. The maximum absolute atomic E-state index is 13.7. The number of ketones is 1. The highest BCUT2D eigenvalue weighted by Gasteiger charge is 2.42. The predicted molar refractivity (Wildman–Crippen MR) is 129 cm³/mol. The molecule has 0 amide bonds. The molecular formula is C27H26ClNO6. The Bertz CT molecular complexity index is 1240. The van der Waals surface area contributed by atoms with Crippen LogP contribution in [0.1, 0.15) is 42.7 Å². The van der Waals surface area contributed by atoms with E-state index in [2.05, 4.69) is 5.32 Å². The van der Waals surface area contributed by atoms with Crippen molar-refractivity contribution < 1.29 is 28.5 Å². The molecule has 0 spiro atoms. The Hall–Kier alpha value is -3.29. The summed E-state index contributed by atoms with van der Waals surface area (Å²) in [6, 6.07) is 13.4. The summed E-state index contributed by atoms with van der Waals surface area (Å²) in [5.74, 6) is -0.124. The molecule has 2 aromatic rings. The summed E-state index contributed by atoms with van der Waals surface area (Å²) in [5.41, 5.74) is 4.05. The van der Waals surface area contributed by atoms with Gasteiger partial charge in [-0.1, -0.05) is 41.9 Å². The van der Waals surface area contributed by atoms with Gasteiger partial charge in [-0.15, -0.1) is 0 Å². The lowest BCUT2D eigenvalue weighted by molar-refractivity contribution is -0.140. The van der Waals surface area contributed by atoms with Crippen LogP contribution in [-0.2, 0) is 19.1 Å². The van der Waals surface area contributed by atoms with Gasteiger partial charge >= 0.3 is 5.97 Å². The Morgan fingerprint density at radius 2 is 1.86 bits per heavy atom. The summed E-state index contributed by atoms with van der Waals surface area (Å²) in [4.78, 5) is 27.0. The summed E-state index contributed by atoms with van der Waals surface area (Å²) in [6.07, 6.45) is 0.987. The zero-order valence-electron chi connectivity index (χ0n) is 19.6. The molecule has 7 nitrogen and oxygen atoms in total. The number of Topliss-reactive ketones (excluding diaryl/α,β-unsaturated/α-hetero) is 1. The van der Waals surface area contributed by atoms with Crippen LogP contribution >= 0.6 is 11.6 Å². The topological polar surface area (TPSA) is 83.1 Å². The number of carbonyl (C=O) groups is 2. The molecule has 0 aromatic heterocycles. The van der Waals surface area contributed by atoms with Gasteiger partial charge < -0.3 is 24.3 Å². The van der Waals surface area contributed by atoms with Gasteiger partial charge in [-0.05, 0) is 36.5 Å². The number of benzene rings is 2. The van der Waals surface area contributed by atoms with Crippen LogP contribution in [0.5, 0.6) is 11.5 Å². The molecule has 182 valence electrons. The van der Waals surface area contributed by atoms with Crippen molar-refractivity contribution in [2.75, 3.05) is 27.1 Å². The third kappa shape index (κ3) is 4.42. The van der Waals surface area contributed by atoms with Crippen molar-refractivity contribution in [1.82, 2.24) is 5.32 Å². The van der Waals surface area contributed by atoms with Crippen molar-refractivity contribution in [3.63, 3.8) is 0 Å². The van der Waals surface area contributed by atoms with E-state index in [1.165, 1.54) is 7.11 Å². The highest BCUT2D eigenvalue weighted by Crippen LogP contribution is 2.49. The predicted octanol–water partition coefficient (Wildman–Crippen LogP) is 4.62. The standard InChI is InChI=1S/C27H26ClNO6/c1-15-24(27(31)33-9-8-32-2)25(18-12-22-23(13-19(18)28)35-14-34-22)26-20(29-15)10-17(11-21(26)30)16-6-4-3-5-7-16/h3-7,12-13,17,25,29H,8-11,14H2,1-2H3/t17-,25+/m1/s1. The van der Waals surface area contributed by atoms with Gasteiger partial charge in [-0.25, -0.2) is 4.79 Å². The van der Waals surface area contributed by atoms with Crippen molar-refractivity contribution >= 4 is 23.4 Å². The highest BCUT2D eigenvalue weighted by atomic mass is 35.5. The molecule has 1 N–H and O–H groups in total. The minimum Gasteiger partial charge on any atom is -0.460 e. The number of ether oxygens (including phenoxy) is 4. The smallest absolute Gasteiger partial charge is 0.336 e. The number of hydrogen-bond donors (Lipinski definition) is 1. The van der Waals surface area contributed by atoms with E-state index in [-0.39, 0.29) is 31.7 Å². The molecule has 35 heavy (non-hydrogen) atoms. The summed E-state index contributed by atoms with van der Waals surface area (Å²) in [6.45, 7) is 2.28. The second-order valence-electron chi connectivity index (χ2n) is 8.78. The summed E-state index contributed by atoms with van der Waals surface area (Å²) in [5, 5.41) is 3.74. The minimum atomic E-state index is -0.687. The molecule has 0 fully saturated rings. The van der Waals surface area contributed by atoms with Crippen LogP contribution in [0.3, 0.4) is 0 Å². The molecule has 5 rings (SSSR count). The molecule has 2 heterocycles. The number of rotatable bonds is 6. The molecule has 2 atom stereocenters. The molecule has 8 heteroatoms. The van der Waals surface area contributed by atoms with Crippen molar-refractivity contribution in [2.45, 2.75) is 31.6 Å². The molecule has 0 radical (unpaired) electrons. The first-order valence-electron chi connectivity index (χ1n) is 11.5. The quantitative estimate of drug-likeness (QED) is 0.462. The normalized spacial score (nSPS) is 21.1. The fourth-order valence-corrected chi connectivity index (χ4v) is 5.29. The second kappa shape index (κ2) is 9.76. The maximum atomic E-state index is 13.7. The number of dihydropyridines is 1. The monoisotopic (exact) mass is 495 g/mol. The second-order valence-corrected chi connectivity index (χ2v) is 9.19. The van der Waals surface area contributed by atoms with Gasteiger partial charge in [-0.3, -0.25) is 4.79 Å². The van der Waals surface area contributed by atoms with Gasteiger partial charge in [0.1, 0.15) is 6.61 Å². The van der Waals surface area contributed by atoms with Gasteiger partial charge in [0.05, 0.1) is 12.2 Å². The highest BCUT2D eigenvalue weighted by molar-refractivity contribution is 6.32. The van der Waals surface area contributed by atoms with Gasteiger partial charge in [0.2, 0.25) is 6.79 Å². The van der Waals surface area contributed by atoms with E-state index in [1.807, 2.05) is 37.3 Å². The number of fused-ring (bicyclic) bond motifs is 1. The van der Waals surface area contributed by atoms with Crippen LogP contribution < -0.4 is 14.8 Å². The number of methoxy groups -OCH3 is 1. The van der Waals surface area contributed by atoms with Gasteiger partial charge in [0.15, 0.2) is 17.3 Å². The molecular weight excluding hydrogens is 470 g/mol. The molecule has 2 aliphatic heterocycles. The molecule has 0 unspecified atom stereocenters. The first-order valence-corrected chi connectivity index (χ1v) is 11.9. The molecule has 1 aliphatic carbocycles. The number of allylic oxidation sites excluding steroid dienone is 3. The average molecular weight is 496 g/mol. The Balaban J connectivity index is 1.59. The van der Waals surface area contributed by atoms with Crippen LogP contribution in [0, 0.1) is 0 Å². The zero-order valence-corrected chi connectivity index (χ0v) is 20.3. The average Bonchev–Trinajstić information content (AvgIpc) is 3.30. The van der Waals surface area contributed by atoms with Crippen LogP contribution in [0.4, 0.5) is 0 Å². The van der Waals surface area contributed by atoms with Gasteiger partial charge in [-0.2, -0.15) is 0 Å². The fourth-order valence-electron chi connectivity index (χ4n) is 5.03. The summed E-state index contributed by atoms with van der Waals surface area (Å²) in [7, 11) is 1.54. The van der Waals surface area contributed by atoms with E-state index in [0.717, 1.165) is 11.3 Å². The van der Waals surface area contributed by atoms with Crippen molar-refractivity contribution in [1.29, 1.82) is 0 Å². The number of hydrogen-bond acceptors (Lipinski definition) is 7. The molecule has 0 saturated heterocycles. The van der Waals surface area contributed by atoms with E-state index in [9.17, 15) is 9.59 Å². The summed E-state index contributed by atoms with van der Waals surface area (Å²) >= 11 is 6.70. The number of halogens is 1. The number of nitrogens with one attached hydrogen (secondary N) is 1. The lowest BCUT2D eigenvalue weighted by Crippen LogP contribution is -2.36. The lowest BCUT2D eigenvalue weighted by Gasteiger charge is -2.37.